The highest BCUT2D eigenvalue weighted by molar-refractivity contribution is 5.93. The average molecular weight is 294 g/mol. The summed E-state index contributed by atoms with van der Waals surface area (Å²) in [4.78, 5) is 11.9. The van der Waals surface area contributed by atoms with Gasteiger partial charge in [-0.05, 0) is 38.0 Å². The van der Waals surface area contributed by atoms with Crippen molar-refractivity contribution in [2.45, 2.75) is 33.2 Å². The molecule has 2 N–H and O–H groups in total. The number of benzene rings is 1. The number of ether oxygens (including phenoxy) is 2. The van der Waals surface area contributed by atoms with E-state index in [-0.39, 0.29) is 5.91 Å². The lowest BCUT2D eigenvalue weighted by Gasteiger charge is -2.15. The number of carbonyl (C=O) groups excluding carboxylic acids is 1. The van der Waals surface area contributed by atoms with E-state index in [2.05, 4.69) is 24.5 Å². The molecule has 0 heterocycles. The molecule has 0 bridgehead atoms. The van der Waals surface area contributed by atoms with Crippen LogP contribution in [0.25, 0.3) is 0 Å². The number of nitrogens with one attached hydrogen (secondary N) is 2. The molecule has 21 heavy (non-hydrogen) atoms. The zero-order valence-corrected chi connectivity index (χ0v) is 13.4. The van der Waals surface area contributed by atoms with Gasteiger partial charge in [0.1, 0.15) is 12.4 Å². The topological polar surface area (TPSA) is 59.6 Å². The maximum Gasteiger partial charge on any atom is 0.238 e. The maximum absolute atomic E-state index is 11.9. The summed E-state index contributed by atoms with van der Waals surface area (Å²) in [7, 11) is 1.63. The Morgan fingerprint density at radius 3 is 2.76 bits per heavy atom. The largest absolute Gasteiger partial charge is 0.489 e. The minimum Gasteiger partial charge on any atom is -0.489 e. The van der Waals surface area contributed by atoms with Crippen LogP contribution in [0.2, 0.25) is 0 Å². The van der Waals surface area contributed by atoms with Gasteiger partial charge < -0.3 is 20.1 Å². The number of rotatable bonds is 9. The minimum atomic E-state index is -0.0734. The number of amides is 1. The third kappa shape index (κ3) is 6.60. The summed E-state index contributed by atoms with van der Waals surface area (Å²) in [6.45, 7) is 7.38. The van der Waals surface area contributed by atoms with Gasteiger partial charge in [0.05, 0.1) is 18.8 Å². The Kier molecular flexibility index (Phi) is 7.79. The monoisotopic (exact) mass is 294 g/mol. The van der Waals surface area contributed by atoms with Crippen LogP contribution >= 0.6 is 0 Å². The zero-order valence-electron chi connectivity index (χ0n) is 13.4. The molecule has 0 aliphatic carbocycles. The van der Waals surface area contributed by atoms with Gasteiger partial charge in [-0.25, -0.2) is 0 Å². The smallest absolute Gasteiger partial charge is 0.238 e. The van der Waals surface area contributed by atoms with E-state index in [1.54, 1.807) is 7.11 Å². The van der Waals surface area contributed by atoms with Crippen molar-refractivity contribution >= 4 is 11.6 Å². The summed E-state index contributed by atoms with van der Waals surface area (Å²) in [5.41, 5.74) is 1.77. The van der Waals surface area contributed by atoms with Crippen molar-refractivity contribution in [1.82, 2.24) is 5.32 Å². The molecule has 0 aliphatic rings. The first-order valence-corrected chi connectivity index (χ1v) is 7.32. The number of hydrogen-bond donors (Lipinski definition) is 2. The van der Waals surface area contributed by atoms with E-state index >= 15 is 0 Å². The van der Waals surface area contributed by atoms with Crippen LogP contribution in [0.1, 0.15) is 25.8 Å². The predicted molar refractivity (Wildman–Crippen MR) is 84.9 cm³/mol. The van der Waals surface area contributed by atoms with E-state index < -0.39 is 0 Å². The molecule has 1 aromatic carbocycles. The Morgan fingerprint density at radius 2 is 2.10 bits per heavy atom. The van der Waals surface area contributed by atoms with Gasteiger partial charge in [-0.1, -0.05) is 13.0 Å². The number of aryl methyl sites for hydroxylation is 1. The molecule has 0 aliphatic heterocycles. The number of methoxy groups -OCH3 is 1. The summed E-state index contributed by atoms with van der Waals surface area (Å²) in [6.07, 6.45) is 0.989. The van der Waals surface area contributed by atoms with Gasteiger partial charge in [0, 0.05) is 13.2 Å². The van der Waals surface area contributed by atoms with Crippen LogP contribution < -0.4 is 15.4 Å². The quantitative estimate of drug-likeness (QED) is 0.686. The van der Waals surface area contributed by atoms with Crippen molar-refractivity contribution in [2.75, 3.05) is 32.2 Å². The van der Waals surface area contributed by atoms with Crippen molar-refractivity contribution in [3.63, 3.8) is 0 Å². The highest BCUT2D eigenvalue weighted by Crippen LogP contribution is 2.25. The van der Waals surface area contributed by atoms with Crippen LogP contribution in [0.4, 0.5) is 5.69 Å². The molecule has 5 heteroatoms. The fourth-order valence-electron chi connectivity index (χ4n) is 1.69. The number of anilines is 1. The maximum atomic E-state index is 11.9. The first-order chi connectivity index (χ1) is 10.1. The van der Waals surface area contributed by atoms with E-state index in [0.717, 1.165) is 12.0 Å². The minimum absolute atomic E-state index is 0.0734. The van der Waals surface area contributed by atoms with Gasteiger partial charge in [0.15, 0.2) is 0 Å². The molecule has 0 fully saturated rings. The first-order valence-electron chi connectivity index (χ1n) is 7.32. The summed E-state index contributed by atoms with van der Waals surface area (Å²) < 4.78 is 10.6. The second kappa shape index (κ2) is 9.37. The Labute approximate surface area is 127 Å². The highest BCUT2D eigenvalue weighted by Gasteiger charge is 2.09. The second-order valence-corrected chi connectivity index (χ2v) is 5.08. The van der Waals surface area contributed by atoms with Crippen molar-refractivity contribution in [3.8, 4) is 5.75 Å². The Balaban J connectivity index is 2.62. The molecule has 0 saturated carbocycles. The van der Waals surface area contributed by atoms with E-state index in [0.29, 0.717) is 37.2 Å². The third-order valence-corrected chi connectivity index (χ3v) is 3.18. The summed E-state index contributed by atoms with van der Waals surface area (Å²) in [6, 6.07) is 6.04. The molecule has 0 saturated heterocycles. The van der Waals surface area contributed by atoms with E-state index in [1.807, 2.05) is 25.1 Å². The molecule has 5 nitrogen and oxygen atoms in total. The van der Waals surface area contributed by atoms with Gasteiger partial charge >= 0.3 is 0 Å². The molecular formula is C16H26N2O3. The molecule has 1 aromatic rings. The van der Waals surface area contributed by atoms with Crippen LogP contribution in [0.5, 0.6) is 5.75 Å². The average Bonchev–Trinajstić information content (AvgIpc) is 2.47. The lowest BCUT2D eigenvalue weighted by atomic mass is 10.2. The number of hydrogen-bond acceptors (Lipinski definition) is 4. The molecule has 0 aromatic heterocycles. The summed E-state index contributed by atoms with van der Waals surface area (Å²) >= 11 is 0. The molecular weight excluding hydrogens is 268 g/mol. The lowest BCUT2D eigenvalue weighted by Crippen LogP contribution is -2.34. The van der Waals surface area contributed by atoms with Gasteiger partial charge in [0.25, 0.3) is 0 Å². The standard InChI is InChI=1S/C16H26N2O3/c1-5-13(3)17-11-16(19)18-14-7-6-12(2)10-15(14)21-9-8-20-4/h6-7,10,13,17H,5,8-9,11H2,1-4H3,(H,18,19). The van der Waals surface area contributed by atoms with Gasteiger partial charge in [-0.2, -0.15) is 0 Å². The van der Waals surface area contributed by atoms with E-state index in [9.17, 15) is 4.79 Å². The molecule has 0 spiro atoms. The zero-order chi connectivity index (χ0) is 15.7. The molecule has 1 unspecified atom stereocenters. The van der Waals surface area contributed by atoms with Crippen LogP contribution in [0.15, 0.2) is 18.2 Å². The fourth-order valence-corrected chi connectivity index (χ4v) is 1.69. The van der Waals surface area contributed by atoms with Crippen molar-refractivity contribution in [1.29, 1.82) is 0 Å². The van der Waals surface area contributed by atoms with Crippen LogP contribution in [-0.2, 0) is 9.53 Å². The van der Waals surface area contributed by atoms with E-state index in [1.165, 1.54) is 0 Å². The van der Waals surface area contributed by atoms with Crippen molar-refractivity contribution < 1.29 is 14.3 Å². The molecule has 1 atom stereocenters. The molecule has 1 rings (SSSR count). The van der Waals surface area contributed by atoms with Crippen molar-refractivity contribution in [3.05, 3.63) is 23.8 Å². The van der Waals surface area contributed by atoms with E-state index in [4.69, 9.17) is 9.47 Å². The normalized spacial score (nSPS) is 12.0. The third-order valence-electron chi connectivity index (χ3n) is 3.18. The summed E-state index contributed by atoms with van der Waals surface area (Å²) in [5.74, 6) is 0.597. The molecule has 118 valence electrons. The van der Waals surface area contributed by atoms with Crippen LogP contribution in [0.3, 0.4) is 0 Å². The van der Waals surface area contributed by atoms with Crippen LogP contribution in [0, 0.1) is 6.92 Å². The van der Waals surface area contributed by atoms with Gasteiger partial charge in [0.2, 0.25) is 5.91 Å². The second-order valence-electron chi connectivity index (χ2n) is 5.08. The van der Waals surface area contributed by atoms with Gasteiger partial charge in [-0.15, -0.1) is 0 Å². The molecule has 0 radical (unpaired) electrons. The van der Waals surface area contributed by atoms with Crippen LogP contribution in [-0.4, -0.2) is 38.8 Å². The highest BCUT2D eigenvalue weighted by atomic mass is 16.5. The lowest BCUT2D eigenvalue weighted by molar-refractivity contribution is -0.115. The first kappa shape index (κ1) is 17.5. The fraction of sp³-hybridized carbons (Fsp3) is 0.562. The van der Waals surface area contributed by atoms with Crippen molar-refractivity contribution in [2.24, 2.45) is 0 Å². The molecule has 1 amide bonds. The Hall–Kier alpha value is -1.59. The Morgan fingerprint density at radius 1 is 1.33 bits per heavy atom. The number of carbonyl (C=O) groups is 1. The van der Waals surface area contributed by atoms with Gasteiger partial charge in [-0.3, -0.25) is 4.79 Å². The predicted octanol–water partition coefficient (Wildman–Crippen LogP) is 2.35. The summed E-state index contributed by atoms with van der Waals surface area (Å²) in [5, 5.41) is 6.04. The Bertz CT molecular complexity index is 449. The SMILES string of the molecule is CCC(C)NCC(=O)Nc1ccc(C)cc1OCCOC.